The zero-order valence-corrected chi connectivity index (χ0v) is 28.4. The third-order valence-corrected chi connectivity index (χ3v) is 9.08. The van der Waals surface area contributed by atoms with E-state index in [-0.39, 0.29) is 49.2 Å². The smallest absolute Gasteiger partial charge is 0.303 e. The number of nitrogens with one attached hydrogen (secondary N) is 1. The van der Waals surface area contributed by atoms with Gasteiger partial charge in [0.25, 0.3) is 0 Å². The predicted octanol–water partition coefficient (Wildman–Crippen LogP) is 5.88. The fourth-order valence-electron chi connectivity index (χ4n) is 6.23. The van der Waals surface area contributed by atoms with Crippen molar-refractivity contribution in [3.8, 4) is 16.9 Å². The molecule has 0 radical (unpaired) electrons. The van der Waals surface area contributed by atoms with Gasteiger partial charge in [-0.15, -0.1) is 0 Å². The van der Waals surface area contributed by atoms with Crippen molar-refractivity contribution in [3.63, 3.8) is 0 Å². The first-order valence-corrected chi connectivity index (χ1v) is 16.9. The van der Waals surface area contributed by atoms with Crippen LogP contribution in [0, 0.1) is 5.92 Å². The van der Waals surface area contributed by atoms with Crippen molar-refractivity contribution in [2.75, 3.05) is 20.1 Å². The number of rotatable bonds is 15. The molecule has 5 N–H and O–H groups in total. The Morgan fingerprint density at radius 2 is 1.58 bits per heavy atom. The number of carbonyl (C=O) groups is 2. The number of aliphatic hydroxyl groups excluding tert-OH is 2. The van der Waals surface area contributed by atoms with Gasteiger partial charge in [0, 0.05) is 44.0 Å². The fourth-order valence-corrected chi connectivity index (χ4v) is 6.23. The van der Waals surface area contributed by atoms with E-state index in [0.29, 0.717) is 31.6 Å². The Kier molecular flexibility index (Phi) is 12.8. The van der Waals surface area contributed by atoms with E-state index < -0.39 is 18.4 Å². The molecule has 0 bridgehead atoms. The number of aliphatic carboxylic acids is 1. The number of phenols is 1. The summed E-state index contributed by atoms with van der Waals surface area (Å²) in [6.07, 6.45) is -1.52. The van der Waals surface area contributed by atoms with Crippen molar-refractivity contribution < 1.29 is 39.5 Å². The van der Waals surface area contributed by atoms with E-state index in [4.69, 9.17) is 14.6 Å². The number of carboxylic acid groups (broad SMARTS) is 1. The molecule has 1 fully saturated rings. The molecule has 1 saturated heterocycles. The molecule has 0 aromatic heterocycles. The topological polar surface area (TPSA) is 149 Å². The SMILES string of the molecule is C[C@@H]1[C@H](CN(C)C[C@@H](O)c2cccc(O)c2)O[C@H](c2ccc(-c3cccc(CNC(=O)CCCC(=O)O)c3)cc2)O[C@@H]1c1ccc(CO)cc1. The minimum atomic E-state index is -0.910. The van der Waals surface area contributed by atoms with Gasteiger partial charge in [-0.1, -0.05) is 85.8 Å². The first kappa shape index (κ1) is 36.7. The number of likely N-dealkylation sites (N-methyl/N-ethyl adjacent to an activating group) is 1. The van der Waals surface area contributed by atoms with Gasteiger partial charge in [-0.25, -0.2) is 0 Å². The molecule has 264 valence electrons. The molecule has 5 atom stereocenters. The van der Waals surface area contributed by atoms with E-state index in [0.717, 1.165) is 33.4 Å². The van der Waals surface area contributed by atoms with Crippen molar-refractivity contribution >= 4 is 11.9 Å². The van der Waals surface area contributed by atoms with Crippen LogP contribution in [-0.4, -0.2) is 63.4 Å². The van der Waals surface area contributed by atoms with Crippen molar-refractivity contribution in [1.82, 2.24) is 10.2 Å². The number of aliphatic hydroxyl groups is 2. The lowest BCUT2D eigenvalue weighted by Crippen LogP contribution is -2.44. The number of benzene rings is 4. The Labute approximate surface area is 292 Å². The zero-order valence-electron chi connectivity index (χ0n) is 28.4. The summed E-state index contributed by atoms with van der Waals surface area (Å²) in [5, 5.41) is 42.0. The van der Waals surface area contributed by atoms with Gasteiger partial charge in [0.1, 0.15) is 5.75 Å². The number of aromatic hydroxyl groups is 1. The van der Waals surface area contributed by atoms with Crippen LogP contribution in [0.25, 0.3) is 11.1 Å². The molecule has 5 rings (SSSR count). The van der Waals surface area contributed by atoms with Crippen LogP contribution in [0.2, 0.25) is 0 Å². The van der Waals surface area contributed by atoms with E-state index >= 15 is 0 Å². The zero-order chi connectivity index (χ0) is 35.6. The van der Waals surface area contributed by atoms with Crippen LogP contribution in [-0.2, 0) is 32.2 Å². The summed E-state index contributed by atoms with van der Waals surface area (Å²) in [6.45, 7) is 3.28. The second-order valence-corrected chi connectivity index (χ2v) is 13.0. The maximum atomic E-state index is 12.1. The maximum absolute atomic E-state index is 12.1. The lowest BCUT2D eigenvalue weighted by atomic mass is 9.90. The van der Waals surface area contributed by atoms with Crippen LogP contribution >= 0.6 is 0 Å². The molecule has 0 unspecified atom stereocenters. The maximum Gasteiger partial charge on any atom is 0.303 e. The van der Waals surface area contributed by atoms with Gasteiger partial charge in [0.2, 0.25) is 5.91 Å². The largest absolute Gasteiger partial charge is 0.508 e. The van der Waals surface area contributed by atoms with Gasteiger partial charge < -0.3 is 40.1 Å². The average Bonchev–Trinajstić information content (AvgIpc) is 3.11. The molecule has 4 aromatic rings. The Bertz CT molecular complexity index is 1710. The summed E-state index contributed by atoms with van der Waals surface area (Å²) in [4.78, 5) is 24.9. The highest BCUT2D eigenvalue weighted by Gasteiger charge is 2.39. The van der Waals surface area contributed by atoms with E-state index in [1.54, 1.807) is 24.3 Å². The molecule has 1 amide bonds. The Hall–Kier alpha value is -4.58. The number of hydrogen-bond donors (Lipinski definition) is 5. The van der Waals surface area contributed by atoms with Gasteiger partial charge in [-0.05, 0) is 65.0 Å². The van der Waals surface area contributed by atoms with Crippen LogP contribution in [0.3, 0.4) is 0 Å². The number of ether oxygens (including phenoxy) is 2. The number of phenolic OH excluding ortho intramolecular Hbond substituents is 1. The average molecular weight is 683 g/mol. The minimum Gasteiger partial charge on any atom is -0.508 e. The summed E-state index contributed by atoms with van der Waals surface area (Å²) in [6, 6.07) is 30.3. The first-order valence-electron chi connectivity index (χ1n) is 16.9. The molecular formula is C40H46N2O8. The summed E-state index contributed by atoms with van der Waals surface area (Å²) < 4.78 is 13.2. The van der Waals surface area contributed by atoms with Crippen molar-refractivity contribution in [2.24, 2.45) is 5.92 Å². The lowest BCUT2D eigenvalue weighted by molar-refractivity contribution is -0.276. The van der Waals surface area contributed by atoms with E-state index in [1.165, 1.54) is 0 Å². The van der Waals surface area contributed by atoms with Crippen LogP contribution in [0.4, 0.5) is 0 Å². The summed E-state index contributed by atoms with van der Waals surface area (Å²) in [5.74, 6) is -1.02. The van der Waals surface area contributed by atoms with Gasteiger partial charge >= 0.3 is 5.97 Å². The van der Waals surface area contributed by atoms with Gasteiger partial charge in [0.05, 0.1) is 24.9 Å². The molecular weight excluding hydrogens is 636 g/mol. The normalized spacial score (nSPS) is 19.6. The number of amides is 1. The summed E-state index contributed by atoms with van der Waals surface area (Å²) in [7, 11) is 1.94. The Morgan fingerprint density at radius 3 is 2.28 bits per heavy atom. The van der Waals surface area contributed by atoms with E-state index in [9.17, 15) is 24.9 Å². The minimum absolute atomic E-state index is 0.0312. The van der Waals surface area contributed by atoms with Crippen LogP contribution in [0.15, 0.2) is 97.1 Å². The quantitative estimate of drug-likeness (QED) is 0.104. The van der Waals surface area contributed by atoms with Gasteiger partial charge in [-0.3, -0.25) is 9.59 Å². The molecule has 0 saturated carbocycles. The predicted molar refractivity (Wildman–Crippen MR) is 189 cm³/mol. The van der Waals surface area contributed by atoms with Crippen LogP contribution in [0.1, 0.15) is 72.5 Å². The van der Waals surface area contributed by atoms with Gasteiger partial charge in [0.15, 0.2) is 6.29 Å². The summed E-state index contributed by atoms with van der Waals surface area (Å²) in [5.41, 5.74) is 6.21. The number of carboxylic acids is 1. The number of hydrogen-bond acceptors (Lipinski definition) is 8. The second-order valence-electron chi connectivity index (χ2n) is 13.0. The highest BCUT2D eigenvalue weighted by Crippen LogP contribution is 2.42. The second kappa shape index (κ2) is 17.4. The van der Waals surface area contributed by atoms with E-state index in [1.807, 2.05) is 84.7 Å². The molecule has 10 nitrogen and oxygen atoms in total. The monoisotopic (exact) mass is 682 g/mol. The van der Waals surface area contributed by atoms with E-state index in [2.05, 4.69) is 12.2 Å². The molecule has 50 heavy (non-hydrogen) atoms. The third-order valence-electron chi connectivity index (χ3n) is 9.08. The van der Waals surface area contributed by atoms with Crippen molar-refractivity contribution in [2.45, 2.75) is 63.9 Å². The highest BCUT2D eigenvalue weighted by molar-refractivity contribution is 5.76. The molecule has 0 aliphatic carbocycles. The Balaban J connectivity index is 1.29. The van der Waals surface area contributed by atoms with Crippen molar-refractivity contribution in [3.05, 3.63) is 125 Å². The number of carbonyl (C=O) groups excluding carboxylic acids is 1. The molecule has 1 heterocycles. The Morgan fingerprint density at radius 1 is 0.860 bits per heavy atom. The first-order chi connectivity index (χ1) is 24.1. The lowest BCUT2D eigenvalue weighted by Gasteiger charge is -2.42. The molecule has 10 heteroatoms. The fraction of sp³-hybridized carbons (Fsp3) is 0.350. The van der Waals surface area contributed by atoms with Crippen LogP contribution < -0.4 is 5.32 Å². The van der Waals surface area contributed by atoms with Gasteiger partial charge in [-0.2, -0.15) is 0 Å². The van der Waals surface area contributed by atoms with Crippen molar-refractivity contribution in [1.29, 1.82) is 0 Å². The molecule has 1 aliphatic heterocycles. The molecule has 4 aromatic carbocycles. The molecule has 0 spiro atoms. The molecule has 1 aliphatic rings. The third kappa shape index (κ3) is 9.99. The highest BCUT2D eigenvalue weighted by atomic mass is 16.7. The van der Waals surface area contributed by atoms with Crippen LogP contribution in [0.5, 0.6) is 5.75 Å². The summed E-state index contributed by atoms with van der Waals surface area (Å²) >= 11 is 0. The number of nitrogens with zero attached hydrogens (tertiary/aromatic N) is 1. The standard InChI is InChI=1S/C40H46N2O8/c1-26-36(24-42(2)23-35(45)33-8-4-9-34(44)21-33)49-40(50-39(26)30-14-12-27(25-43)13-15-30)31-18-16-29(17-19-31)32-7-3-6-28(20-32)22-41-37(46)10-5-11-38(47)48/h3-4,6-9,12-21,26,35-36,39-40,43-45H,5,10-11,22-25H2,1-2H3,(H,41,46)(H,47,48)/t26-,35-,36+,39+,40+/m1/s1.